The summed E-state index contributed by atoms with van der Waals surface area (Å²) in [6.45, 7) is 0. The largest absolute Gasteiger partial charge is 0.416 e. The van der Waals surface area contributed by atoms with Gasteiger partial charge in [0.2, 0.25) is 11.0 Å². The summed E-state index contributed by atoms with van der Waals surface area (Å²) in [6, 6.07) is 6.61. The van der Waals surface area contributed by atoms with Gasteiger partial charge in [0.05, 0.1) is 17.0 Å². The summed E-state index contributed by atoms with van der Waals surface area (Å²) >= 11 is 1.84. The van der Waals surface area contributed by atoms with Crippen LogP contribution in [-0.2, 0) is 11.0 Å². The highest BCUT2D eigenvalue weighted by Gasteiger charge is 2.31. The lowest BCUT2D eigenvalue weighted by Gasteiger charge is -2.08. The summed E-state index contributed by atoms with van der Waals surface area (Å²) in [5, 5.41) is 12.1. The molecular formula is C18H11F5N4O2S2. The highest BCUT2D eigenvalue weighted by molar-refractivity contribution is 8.01. The molecule has 0 aliphatic carbocycles. The van der Waals surface area contributed by atoms with Crippen molar-refractivity contribution in [1.82, 2.24) is 10.2 Å². The fraction of sp³-hybridized carbons (Fsp3) is 0.111. The number of anilines is 2. The Hall–Kier alpha value is -3.06. The predicted molar refractivity (Wildman–Crippen MR) is 105 cm³/mol. The minimum absolute atomic E-state index is 0.0231. The number of aromatic nitrogens is 2. The quantitative estimate of drug-likeness (QED) is 0.304. The van der Waals surface area contributed by atoms with Crippen LogP contribution in [0.4, 0.5) is 32.8 Å². The molecule has 0 spiro atoms. The standard InChI is InChI=1S/C18H11F5N4O2S2/c19-11-4-5-13(12(20)7-11)24-14(28)8-30-17-27-26-16(31-17)25-15(29)9-2-1-3-10(6-9)18(21,22)23/h1-7H,8H2,(H,24,28)(H,25,26,29). The van der Waals surface area contributed by atoms with Crippen LogP contribution < -0.4 is 10.6 Å². The fourth-order valence-electron chi connectivity index (χ4n) is 2.23. The number of carbonyl (C=O) groups excluding carboxylic acids is 2. The number of alkyl halides is 3. The zero-order valence-electron chi connectivity index (χ0n) is 15.2. The number of nitrogens with one attached hydrogen (secondary N) is 2. The number of nitrogens with zero attached hydrogens (tertiary/aromatic N) is 2. The van der Waals surface area contributed by atoms with Gasteiger partial charge in [0, 0.05) is 11.6 Å². The van der Waals surface area contributed by atoms with Crippen molar-refractivity contribution in [2.45, 2.75) is 10.5 Å². The second kappa shape index (κ2) is 9.39. The molecular weight excluding hydrogens is 463 g/mol. The van der Waals surface area contributed by atoms with Gasteiger partial charge in [-0.1, -0.05) is 29.2 Å². The van der Waals surface area contributed by atoms with Gasteiger partial charge < -0.3 is 5.32 Å². The van der Waals surface area contributed by atoms with E-state index in [9.17, 15) is 31.5 Å². The van der Waals surface area contributed by atoms with Gasteiger partial charge in [0.25, 0.3) is 5.91 Å². The van der Waals surface area contributed by atoms with Crippen LogP contribution in [0.1, 0.15) is 15.9 Å². The number of halogens is 5. The Kier molecular flexibility index (Phi) is 6.85. The van der Waals surface area contributed by atoms with Gasteiger partial charge in [0.15, 0.2) is 4.34 Å². The molecule has 2 amide bonds. The van der Waals surface area contributed by atoms with Gasteiger partial charge in [-0.05, 0) is 30.3 Å². The molecule has 162 valence electrons. The second-order valence-electron chi connectivity index (χ2n) is 5.87. The molecule has 0 bridgehead atoms. The lowest BCUT2D eigenvalue weighted by Crippen LogP contribution is -2.15. The molecule has 2 N–H and O–H groups in total. The summed E-state index contributed by atoms with van der Waals surface area (Å²) in [7, 11) is 0. The maximum absolute atomic E-state index is 13.5. The van der Waals surface area contributed by atoms with Gasteiger partial charge in [-0.15, -0.1) is 10.2 Å². The Morgan fingerprint density at radius 3 is 2.52 bits per heavy atom. The summed E-state index contributed by atoms with van der Waals surface area (Å²) in [4.78, 5) is 24.1. The average Bonchev–Trinajstić information content (AvgIpc) is 3.15. The van der Waals surface area contributed by atoms with Crippen molar-refractivity contribution < 1.29 is 31.5 Å². The Labute approximate surface area is 179 Å². The van der Waals surface area contributed by atoms with E-state index in [4.69, 9.17) is 0 Å². The number of hydrogen-bond acceptors (Lipinski definition) is 6. The van der Waals surface area contributed by atoms with E-state index in [0.717, 1.165) is 47.4 Å². The Balaban J connectivity index is 1.55. The molecule has 1 aromatic heterocycles. The van der Waals surface area contributed by atoms with Gasteiger partial charge in [-0.25, -0.2) is 8.78 Å². The van der Waals surface area contributed by atoms with Crippen molar-refractivity contribution in [3.05, 3.63) is 65.2 Å². The molecule has 0 aliphatic rings. The number of amides is 2. The van der Waals surface area contributed by atoms with Crippen LogP contribution in [0.15, 0.2) is 46.8 Å². The van der Waals surface area contributed by atoms with Gasteiger partial charge in [-0.3, -0.25) is 14.9 Å². The summed E-state index contributed by atoms with van der Waals surface area (Å²) in [5.74, 6) is -3.26. The van der Waals surface area contributed by atoms with Crippen LogP contribution in [-0.4, -0.2) is 27.8 Å². The number of benzene rings is 2. The van der Waals surface area contributed by atoms with Gasteiger partial charge in [-0.2, -0.15) is 13.2 Å². The molecule has 0 atom stereocenters. The summed E-state index contributed by atoms with van der Waals surface area (Å²) in [6.07, 6.45) is -4.58. The first-order valence-electron chi connectivity index (χ1n) is 8.31. The fourth-order valence-corrected chi connectivity index (χ4v) is 3.78. The molecule has 0 radical (unpaired) electrons. The van der Waals surface area contributed by atoms with Crippen molar-refractivity contribution in [3.63, 3.8) is 0 Å². The third-order valence-corrected chi connectivity index (χ3v) is 5.58. The minimum atomic E-state index is -4.58. The molecule has 0 aliphatic heterocycles. The average molecular weight is 474 g/mol. The van der Waals surface area contributed by atoms with Crippen molar-refractivity contribution in [1.29, 1.82) is 0 Å². The second-order valence-corrected chi connectivity index (χ2v) is 8.07. The highest BCUT2D eigenvalue weighted by atomic mass is 32.2. The molecule has 31 heavy (non-hydrogen) atoms. The predicted octanol–water partition coefficient (Wildman–Crippen LogP) is 4.82. The van der Waals surface area contributed by atoms with E-state index >= 15 is 0 Å². The van der Waals surface area contributed by atoms with E-state index in [1.807, 2.05) is 0 Å². The van der Waals surface area contributed by atoms with Gasteiger partial charge >= 0.3 is 6.18 Å². The molecule has 13 heteroatoms. The Bertz CT molecular complexity index is 1120. The van der Waals surface area contributed by atoms with Crippen LogP contribution in [0.3, 0.4) is 0 Å². The first-order valence-corrected chi connectivity index (χ1v) is 10.1. The molecule has 1 heterocycles. The van der Waals surface area contributed by atoms with Crippen LogP contribution in [0.2, 0.25) is 0 Å². The highest BCUT2D eigenvalue weighted by Crippen LogP contribution is 2.30. The molecule has 6 nitrogen and oxygen atoms in total. The lowest BCUT2D eigenvalue weighted by molar-refractivity contribution is -0.137. The molecule has 3 aromatic rings. The smallest absolute Gasteiger partial charge is 0.323 e. The Morgan fingerprint density at radius 2 is 1.81 bits per heavy atom. The van der Waals surface area contributed by atoms with Crippen LogP contribution in [0.5, 0.6) is 0 Å². The number of thioether (sulfide) groups is 1. The van der Waals surface area contributed by atoms with Crippen molar-refractivity contribution in [2.75, 3.05) is 16.4 Å². The third kappa shape index (κ3) is 6.21. The first kappa shape index (κ1) is 22.6. The zero-order chi connectivity index (χ0) is 22.6. The Morgan fingerprint density at radius 1 is 1.03 bits per heavy atom. The molecule has 0 fully saturated rings. The van der Waals surface area contributed by atoms with Crippen molar-refractivity contribution in [2.24, 2.45) is 0 Å². The third-order valence-electron chi connectivity index (χ3n) is 3.61. The topological polar surface area (TPSA) is 84.0 Å². The number of carbonyl (C=O) groups is 2. The molecule has 0 saturated heterocycles. The molecule has 2 aromatic carbocycles. The molecule has 0 unspecified atom stereocenters. The molecule has 3 rings (SSSR count). The minimum Gasteiger partial charge on any atom is -0.323 e. The van der Waals surface area contributed by atoms with Crippen LogP contribution in [0, 0.1) is 11.6 Å². The van der Waals surface area contributed by atoms with Crippen molar-refractivity contribution in [3.8, 4) is 0 Å². The normalized spacial score (nSPS) is 11.3. The van der Waals surface area contributed by atoms with E-state index in [1.165, 1.54) is 6.07 Å². The van der Waals surface area contributed by atoms with E-state index in [1.54, 1.807) is 0 Å². The van der Waals surface area contributed by atoms with E-state index < -0.39 is 35.2 Å². The maximum Gasteiger partial charge on any atom is 0.416 e. The molecule has 0 saturated carbocycles. The number of rotatable bonds is 6. The van der Waals surface area contributed by atoms with Crippen LogP contribution in [0.25, 0.3) is 0 Å². The lowest BCUT2D eigenvalue weighted by atomic mass is 10.1. The summed E-state index contributed by atoms with van der Waals surface area (Å²) in [5.41, 5.74) is -1.35. The monoisotopic (exact) mass is 474 g/mol. The van der Waals surface area contributed by atoms with E-state index in [-0.39, 0.29) is 26.5 Å². The summed E-state index contributed by atoms with van der Waals surface area (Å²) < 4.78 is 65.0. The zero-order valence-corrected chi connectivity index (χ0v) is 16.8. The van der Waals surface area contributed by atoms with E-state index in [0.29, 0.717) is 12.1 Å². The SMILES string of the molecule is O=C(CSc1nnc(NC(=O)c2cccc(C(F)(F)F)c2)s1)Nc1ccc(F)cc1F. The van der Waals surface area contributed by atoms with Crippen molar-refractivity contribution >= 4 is 45.7 Å². The van der Waals surface area contributed by atoms with E-state index in [2.05, 4.69) is 20.8 Å². The first-order chi connectivity index (χ1) is 14.6. The van der Waals surface area contributed by atoms with Crippen LogP contribution >= 0.6 is 23.1 Å². The van der Waals surface area contributed by atoms with Gasteiger partial charge in [0.1, 0.15) is 11.6 Å². The number of hydrogen-bond donors (Lipinski definition) is 2. The maximum atomic E-state index is 13.5.